The first kappa shape index (κ1) is 16.8. The highest BCUT2D eigenvalue weighted by molar-refractivity contribution is 9.10. The van der Waals surface area contributed by atoms with Gasteiger partial charge in [0.1, 0.15) is 11.8 Å². The van der Waals surface area contributed by atoms with Crippen molar-refractivity contribution in [2.75, 3.05) is 13.2 Å². The van der Waals surface area contributed by atoms with Gasteiger partial charge in [-0.1, -0.05) is 15.9 Å². The number of amides is 1. The summed E-state index contributed by atoms with van der Waals surface area (Å²) in [4.78, 5) is 24.6. The molecule has 1 aromatic carbocycles. The Morgan fingerprint density at radius 1 is 1.27 bits per heavy atom. The monoisotopic (exact) mass is 369 g/mol. The number of carboxylic acid groups (broad SMARTS) is 1. The Morgan fingerprint density at radius 2 is 2.00 bits per heavy atom. The Morgan fingerprint density at radius 3 is 2.68 bits per heavy atom. The molecule has 120 valence electrons. The number of unbranched alkanes of at least 4 members (excludes halogenated alkanes) is 1. The molecule has 1 aromatic rings. The number of carbonyl (C=O) groups is 2. The number of aliphatic carboxylic acids is 1. The first-order chi connectivity index (χ1) is 10.6. The maximum absolute atomic E-state index is 12.0. The number of ether oxygens (including phenoxy) is 1. The molecular formula is C16H20BrNO4. The Labute approximate surface area is 138 Å². The van der Waals surface area contributed by atoms with Crippen LogP contribution in [0.4, 0.5) is 0 Å². The van der Waals surface area contributed by atoms with E-state index >= 15 is 0 Å². The van der Waals surface area contributed by atoms with E-state index in [0.717, 1.165) is 23.1 Å². The third-order valence-corrected chi connectivity index (χ3v) is 4.25. The maximum Gasteiger partial charge on any atom is 0.326 e. The number of carboxylic acids is 1. The number of hydrogen-bond acceptors (Lipinski definition) is 3. The minimum atomic E-state index is -0.899. The highest BCUT2D eigenvalue weighted by Gasteiger charge is 2.33. The van der Waals surface area contributed by atoms with Gasteiger partial charge in [0, 0.05) is 17.4 Å². The van der Waals surface area contributed by atoms with Crippen LogP contribution in [0.15, 0.2) is 28.7 Å². The molecular weight excluding hydrogens is 350 g/mol. The van der Waals surface area contributed by atoms with Gasteiger partial charge >= 0.3 is 5.97 Å². The van der Waals surface area contributed by atoms with Crippen molar-refractivity contribution in [3.05, 3.63) is 28.7 Å². The molecule has 1 fully saturated rings. The number of likely N-dealkylation sites (tertiary alicyclic amines) is 1. The van der Waals surface area contributed by atoms with E-state index in [1.807, 2.05) is 24.3 Å². The topological polar surface area (TPSA) is 66.8 Å². The minimum Gasteiger partial charge on any atom is -0.494 e. The van der Waals surface area contributed by atoms with E-state index in [1.54, 1.807) is 0 Å². The van der Waals surface area contributed by atoms with Gasteiger partial charge in [-0.2, -0.15) is 0 Å². The van der Waals surface area contributed by atoms with Crippen molar-refractivity contribution >= 4 is 27.8 Å². The molecule has 0 radical (unpaired) electrons. The van der Waals surface area contributed by atoms with Crippen LogP contribution in [0.1, 0.15) is 32.1 Å². The van der Waals surface area contributed by atoms with Gasteiger partial charge in [0.05, 0.1) is 6.61 Å². The molecule has 0 saturated carbocycles. The fraction of sp³-hybridized carbons (Fsp3) is 0.500. The van der Waals surface area contributed by atoms with Crippen molar-refractivity contribution in [2.24, 2.45) is 0 Å². The molecule has 0 aliphatic carbocycles. The van der Waals surface area contributed by atoms with Crippen LogP contribution in [0.25, 0.3) is 0 Å². The second-order valence-electron chi connectivity index (χ2n) is 5.34. The number of nitrogens with zero attached hydrogens (tertiary/aromatic N) is 1. The molecule has 1 unspecified atom stereocenters. The Bertz CT molecular complexity index is 517. The third-order valence-electron chi connectivity index (χ3n) is 3.73. The fourth-order valence-electron chi connectivity index (χ4n) is 2.56. The maximum atomic E-state index is 12.0. The molecule has 22 heavy (non-hydrogen) atoms. The molecule has 0 aromatic heterocycles. The summed E-state index contributed by atoms with van der Waals surface area (Å²) >= 11 is 3.36. The first-order valence-electron chi connectivity index (χ1n) is 7.48. The lowest BCUT2D eigenvalue weighted by atomic mass is 10.2. The molecule has 1 N–H and O–H groups in total. The van der Waals surface area contributed by atoms with Crippen LogP contribution in [0, 0.1) is 0 Å². The Balaban J connectivity index is 1.65. The number of hydrogen-bond donors (Lipinski definition) is 1. The van der Waals surface area contributed by atoms with E-state index in [4.69, 9.17) is 9.84 Å². The van der Waals surface area contributed by atoms with Crippen molar-refractivity contribution in [1.82, 2.24) is 4.90 Å². The zero-order valence-electron chi connectivity index (χ0n) is 12.3. The van der Waals surface area contributed by atoms with Crippen LogP contribution in [0.5, 0.6) is 5.75 Å². The molecule has 1 saturated heterocycles. The molecule has 0 spiro atoms. The fourth-order valence-corrected chi connectivity index (χ4v) is 2.83. The summed E-state index contributed by atoms with van der Waals surface area (Å²) in [5, 5.41) is 9.07. The smallest absolute Gasteiger partial charge is 0.326 e. The van der Waals surface area contributed by atoms with Crippen LogP contribution < -0.4 is 4.74 Å². The van der Waals surface area contributed by atoms with Crippen LogP contribution >= 0.6 is 15.9 Å². The van der Waals surface area contributed by atoms with Crippen LogP contribution in [-0.4, -0.2) is 41.1 Å². The van der Waals surface area contributed by atoms with Gasteiger partial charge in [-0.25, -0.2) is 4.79 Å². The summed E-state index contributed by atoms with van der Waals surface area (Å²) in [6.07, 6.45) is 3.20. The zero-order valence-corrected chi connectivity index (χ0v) is 13.9. The molecule has 6 heteroatoms. The lowest BCUT2D eigenvalue weighted by Crippen LogP contribution is -2.40. The lowest BCUT2D eigenvalue weighted by Gasteiger charge is -2.21. The molecule has 1 aliphatic heterocycles. The predicted octanol–water partition coefficient (Wildman–Crippen LogP) is 3.07. The SMILES string of the molecule is O=C(O)C1CCCN1C(=O)CCCCOc1ccc(Br)cc1. The average Bonchev–Trinajstić information content (AvgIpc) is 2.98. The van der Waals surface area contributed by atoms with E-state index < -0.39 is 12.0 Å². The summed E-state index contributed by atoms with van der Waals surface area (Å²) in [5.41, 5.74) is 0. The predicted molar refractivity (Wildman–Crippen MR) is 85.9 cm³/mol. The van der Waals surface area contributed by atoms with Crippen molar-refractivity contribution in [3.63, 3.8) is 0 Å². The average molecular weight is 370 g/mol. The summed E-state index contributed by atoms with van der Waals surface area (Å²) in [6.45, 7) is 1.11. The van der Waals surface area contributed by atoms with Gasteiger partial charge in [-0.3, -0.25) is 4.79 Å². The second kappa shape index (κ2) is 8.17. The first-order valence-corrected chi connectivity index (χ1v) is 8.28. The van der Waals surface area contributed by atoms with Gasteiger partial charge < -0.3 is 14.7 Å². The third kappa shape index (κ3) is 4.73. The van der Waals surface area contributed by atoms with E-state index in [0.29, 0.717) is 32.4 Å². The highest BCUT2D eigenvalue weighted by Crippen LogP contribution is 2.19. The van der Waals surface area contributed by atoms with Crippen molar-refractivity contribution < 1.29 is 19.4 Å². The van der Waals surface area contributed by atoms with Crippen LogP contribution in [0.2, 0.25) is 0 Å². The van der Waals surface area contributed by atoms with Gasteiger partial charge in [-0.05, 0) is 49.9 Å². The van der Waals surface area contributed by atoms with Gasteiger partial charge in [0.25, 0.3) is 0 Å². The molecule has 1 heterocycles. The van der Waals surface area contributed by atoms with Crippen molar-refractivity contribution in [2.45, 2.75) is 38.1 Å². The van der Waals surface area contributed by atoms with Crippen LogP contribution in [-0.2, 0) is 9.59 Å². The molecule has 1 atom stereocenters. The highest BCUT2D eigenvalue weighted by atomic mass is 79.9. The Hall–Kier alpha value is -1.56. The molecule has 5 nitrogen and oxygen atoms in total. The standard InChI is InChI=1S/C16H20BrNO4/c17-12-6-8-13(9-7-12)22-11-2-1-5-15(19)18-10-3-4-14(18)16(20)21/h6-9,14H,1-5,10-11H2,(H,20,21). The summed E-state index contributed by atoms with van der Waals surface area (Å²) in [5.74, 6) is -0.155. The van der Waals surface area contributed by atoms with E-state index in [2.05, 4.69) is 15.9 Å². The molecule has 2 rings (SSSR count). The lowest BCUT2D eigenvalue weighted by molar-refractivity contribution is -0.148. The summed E-state index contributed by atoms with van der Waals surface area (Å²) < 4.78 is 6.59. The van der Waals surface area contributed by atoms with Gasteiger partial charge in [-0.15, -0.1) is 0 Å². The molecule has 1 aliphatic rings. The summed E-state index contributed by atoms with van der Waals surface area (Å²) in [7, 11) is 0. The van der Waals surface area contributed by atoms with Crippen molar-refractivity contribution in [3.8, 4) is 5.75 Å². The van der Waals surface area contributed by atoms with E-state index in [-0.39, 0.29) is 5.91 Å². The van der Waals surface area contributed by atoms with Gasteiger partial charge in [0.2, 0.25) is 5.91 Å². The normalized spacial score (nSPS) is 17.5. The van der Waals surface area contributed by atoms with Crippen LogP contribution in [0.3, 0.4) is 0 Å². The van der Waals surface area contributed by atoms with E-state index in [9.17, 15) is 9.59 Å². The number of rotatable bonds is 7. The molecule has 1 amide bonds. The second-order valence-corrected chi connectivity index (χ2v) is 6.26. The van der Waals surface area contributed by atoms with E-state index in [1.165, 1.54) is 4.90 Å². The zero-order chi connectivity index (χ0) is 15.9. The summed E-state index contributed by atoms with van der Waals surface area (Å²) in [6, 6.07) is 6.97. The minimum absolute atomic E-state index is 0.0615. The Kier molecular flexibility index (Phi) is 6.24. The number of halogens is 1. The quantitative estimate of drug-likeness (QED) is 0.750. The van der Waals surface area contributed by atoms with Gasteiger partial charge in [0.15, 0.2) is 0 Å². The number of carbonyl (C=O) groups excluding carboxylic acids is 1. The number of benzene rings is 1. The van der Waals surface area contributed by atoms with Crippen molar-refractivity contribution in [1.29, 1.82) is 0 Å². The largest absolute Gasteiger partial charge is 0.494 e. The molecule has 0 bridgehead atoms.